The lowest BCUT2D eigenvalue weighted by atomic mass is 9.97. The van der Waals surface area contributed by atoms with E-state index < -0.39 is 0 Å². The maximum absolute atomic E-state index is 12.9. The van der Waals surface area contributed by atoms with Gasteiger partial charge in [0.2, 0.25) is 5.91 Å². The van der Waals surface area contributed by atoms with Gasteiger partial charge >= 0.3 is 0 Å². The van der Waals surface area contributed by atoms with Crippen LogP contribution in [-0.2, 0) is 24.3 Å². The number of hydrogen-bond donors (Lipinski definition) is 1. The van der Waals surface area contributed by atoms with E-state index in [0.717, 1.165) is 29.0 Å². The summed E-state index contributed by atoms with van der Waals surface area (Å²) in [5.74, 6) is 0.999. The molecule has 1 aromatic heterocycles. The summed E-state index contributed by atoms with van der Waals surface area (Å²) in [7, 11) is 1.69. The van der Waals surface area contributed by atoms with Gasteiger partial charge in [-0.3, -0.25) is 10.1 Å². The molecular weight excluding hydrogens is 292 g/mol. The lowest BCUT2D eigenvalue weighted by molar-refractivity contribution is -0.134. The zero-order valence-corrected chi connectivity index (χ0v) is 13.0. The third-order valence-corrected chi connectivity index (χ3v) is 4.61. The first-order valence-corrected chi connectivity index (χ1v) is 7.73. The molecule has 0 aliphatic carbocycles. The Hall–Kier alpha value is -2.47. The number of amides is 1. The molecule has 0 saturated heterocycles. The highest BCUT2D eigenvalue weighted by molar-refractivity contribution is 5.84. The van der Waals surface area contributed by atoms with Gasteiger partial charge < -0.3 is 9.64 Å². The number of carbonyl (C=O) groups is 1. The Morgan fingerprint density at radius 3 is 3.22 bits per heavy atom. The monoisotopic (exact) mass is 310 g/mol. The van der Waals surface area contributed by atoms with Crippen LogP contribution in [0.1, 0.15) is 28.4 Å². The van der Waals surface area contributed by atoms with Gasteiger partial charge in [0.25, 0.3) is 0 Å². The van der Waals surface area contributed by atoms with Gasteiger partial charge in [-0.15, -0.1) is 0 Å². The molecule has 2 aromatic rings. The molecule has 1 aromatic carbocycles. The van der Waals surface area contributed by atoms with E-state index in [2.05, 4.69) is 21.4 Å². The van der Waals surface area contributed by atoms with Crippen LogP contribution in [0.2, 0.25) is 0 Å². The Bertz CT molecular complexity index is 762. The fourth-order valence-electron chi connectivity index (χ4n) is 3.42. The largest absolute Gasteiger partial charge is 0.496 e. The number of ether oxygens (including phenoxy) is 1. The smallest absolute Gasteiger partial charge is 0.244 e. The van der Waals surface area contributed by atoms with Crippen molar-refractivity contribution in [2.24, 2.45) is 0 Å². The molecule has 2 aliphatic heterocycles. The van der Waals surface area contributed by atoms with E-state index in [9.17, 15) is 4.79 Å². The minimum absolute atomic E-state index is 0.0898. The predicted molar refractivity (Wildman–Crippen MR) is 83.7 cm³/mol. The van der Waals surface area contributed by atoms with Crippen LogP contribution in [0, 0.1) is 0 Å². The average molecular weight is 310 g/mol. The molecule has 0 fully saturated rings. The van der Waals surface area contributed by atoms with E-state index in [-0.39, 0.29) is 11.9 Å². The van der Waals surface area contributed by atoms with E-state index in [1.807, 2.05) is 17.0 Å². The van der Waals surface area contributed by atoms with Gasteiger partial charge in [0, 0.05) is 37.0 Å². The molecule has 4 rings (SSSR count). The quantitative estimate of drug-likeness (QED) is 0.903. The first-order valence-electron chi connectivity index (χ1n) is 7.73. The maximum atomic E-state index is 12.9. The predicted octanol–water partition coefficient (Wildman–Crippen LogP) is 1.21. The minimum Gasteiger partial charge on any atom is -0.496 e. The first kappa shape index (κ1) is 14.1. The van der Waals surface area contributed by atoms with Gasteiger partial charge in [0.1, 0.15) is 18.1 Å². The molecule has 23 heavy (non-hydrogen) atoms. The van der Waals surface area contributed by atoms with Gasteiger partial charge in [-0.1, -0.05) is 12.1 Å². The molecule has 0 bridgehead atoms. The Morgan fingerprint density at radius 1 is 1.43 bits per heavy atom. The summed E-state index contributed by atoms with van der Waals surface area (Å²) in [4.78, 5) is 23.1. The van der Waals surface area contributed by atoms with Crippen LogP contribution in [0.25, 0.3) is 0 Å². The molecule has 0 radical (unpaired) electrons. The zero-order chi connectivity index (χ0) is 15.8. The second-order valence-electron chi connectivity index (χ2n) is 5.85. The van der Waals surface area contributed by atoms with Crippen LogP contribution in [-0.4, -0.2) is 34.4 Å². The average Bonchev–Trinajstić information content (AvgIpc) is 3.04. The number of nitrogens with zero attached hydrogens (tertiary/aromatic N) is 3. The fourth-order valence-corrected chi connectivity index (χ4v) is 3.42. The summed E-state index contributed by atoms with van der Waals surface area (Å²) in [6.45, 7) is 1.94. The van der Waals surface area contributed by atoms with E-state index in [4.69, 9.17) is 4.74 Å². The van der Waals surface area contributed by atoms with E-state index in [1.165, 1.54) is 11.9 Å². The van der Waals surface area contributed by atoms with Crippen LogP contribution in [0.4, 0.5) is 0 Å². The second-order valence-corrected chi connectivity index (χ2v) is 5.85. The first-order chi connectivity index (χ1) is 11.3. The molecule has 1 unspecified atom stereocenters. The van der Waals surface area contributed by atoms with Crippen molar-refractivity contribution in [3.63, 3.8) is 0 Å². The summed E-state index contributed by atoms with van der Waals surface area (Å²) in [5.41, 5.74) is 4.18. The Kier molecular flexibility index (Phi) is 3.46. The van der Waals surface area contributed by atoms with Crippen molar-refractivity contribution in [3.05, 3.63) is 53.1 Å². The van der Waals surface area contributed by atoms with Crippen LogP contribution in [0.5, 0.6) is 5.75 Å². The minimum atomic E-state index is -0.335. The van der Waals surface area contributed by atoms with Crippen LogP contribution in [0.15, 0.2) is 30.7 Å². The number of carbonyl (C=O) groups excluding carboxylic acids is 1. The Labute approximate surface area is 134 Å². The van der Waals surface area contributed by atoms with E-state index >= 15 is 0 Å². The topological polar surface area (TPSA) is 67.3 Å². The molecule has 0 saturated carbocycles. The van der Waals surface area contributed by atoms with E-state index in [1.54, 1.807) is 13.3 Å². The van der Waals surface area contributed by atoms with Crippen molar-refractivity contribution in [1.29, 1.82) is 0 Å². The Morgan fingerprint density at radius 2 is 2.35 bits per heavy atom. The number of aromatic nitrogens is 2. The molecular formula is C17H18N4O2. The number of nitrogens with one attached hydrogen (secondary N) is 1. The molecule has 1 N–H and O–H groups in total. The second kappa shape index (κ2) is 5.62. The third kappa shape index (κ3) is 2.35. The highest BCUT2D eigenvalue weighted by Gasteiger charge is 2.34. The lowest BCUT2D eigenvalue weighted by Crippen LogP contribution is -2.41. The SMILES string of the molecule is COc1cccc2c1CCN(C(=O)C1NCc3ncncc31)C2. The molecule has 6 nitrogen and oxygen atoms in total. The summed E-state index contributed by atoms with van der Waals surface area (Å²) in [6.07, 6.45) is 4.08. The van der Waals surface area contributed by atoms with E-state index in [0.29, 0.717) is 19.6 Å². The molecule has 0 spiro atoms. The van der Waals surface area contributed by atoms with Gasteiger partial charge in [-0.05, 0) is 18.1 Å². The zero-order valence-electron chi connectivity index (χ0n) is 13.0. The fraction of sp³-hybridized carbons (Fsp3) is 0.353. The van der Waals surface area contributed by atoms with Gasteiger partial charge in [0.05, 0.1) is 12.8 Å². The number of benzene rings is 1. The number of hydrogen-bond acceptors (Lipinski definition) is 5. The number of rotatable bonds is 2. The summed E-state index contributed by atoms with van der Waals surface area (Å²) in [5, 5.41) is 3.25. The van der Waals surface area contributed by atoms with Crippen LogP contribution >= 0.6 is 0 Å². The van der Waals surface area contributed by atoms with Gasteiger partial charge in [0.15, 0.2) is 0 Å². The molecule has 118 valence electrons. The van der Waals surface area contributed by atoms with Gasteiger partial charge in [-0.25, -0.2) is 9.97 Å². The van der Waals surface area contributed by atoms with Crippen molar-refractivity contribution in [3.8, 4) is 5.75 Å². The van der Waals surface area contributed by atoms with Crippen LogP contribution in [0.3, 0.4) is 0 Å². The van der Waals surface area contributed by atoms with Crippen molar-refractivity contribution in [1.82, 2.24) is 20.2 Å². The van der Waals surface area contributed by atoms with Gasteiger partial charge in [-0.2, -0.15) is 0 Å². The number of fused-ring (bicyclic) bond motifs is 2. The van der Waals surface area contributed by atoms with Crippen molar-refractivity contribution >= 4 is 5.91 Å². The standard InChI is InChI=1S/C17H18N4O2/c1-23-15-4-2-3-11-9-21(6-5-12(11)15)17(22)16-13-7-18-10-20-14(13)8-19-16/h2-4,7,10,16,19H,5-6,8-9H2,1H3. The molecule has 3 heterocycles. The molecule has 1 atom stereocenters. The normalized spacial score (nSPS) is 19.2. The van der Waals surface area contributed by atoms with Crippen molar-refractivity contribution in [2.45, 2.75) is 25.6 Å². The highest BCUT2D eigenvalue weighted by Crippen LogP contribution is 2.30. The number of methoxy groups -OCH3 is 1. The molecule has 6 heteroatoms. The molecule has 2 aliphatic rings. The maximum Gasteiger partial charge on any atom is 0.244 e. The summed E-state index contributed by atoms with van der Waals surface area (Å²) < 4.78 is 5.42. The lowest BCUT2D eigenvalue weighted by Gasteiger charge is -2.31. The van der Waals surface area contributed by atoms with Crippen molar-refractivity contribution < 1.29 is 9.53 Å². The summed E-state index contributed by atoms with van der Waals surface area (Å²) in [6, 6.07) is 5.68. The van der Waals surface area contributed by atoms with Crippen molar-refractivity contribution in [2.75, 3.05) is 13.7 Å². The highest BCUT2D eigenvalue weighted by atomic mass is 16.5. The third-order valence-electron chi connectivity index (χ3n) is 4.61. The van der Waals surface area contributed by atoms with Crippen LogP contribution < -0.4 is 10.1 Å². The summed E-state index contributed by atoms with van der Waals surface area (Å²) >= 11 is 0. The molecule has 1 amide bonds. The Balaban J connectivity index is 1.57.